The quantitative estimate of drug-likeness (QED) is 0.461. The van der Waals surface area contributed by atoms with Crippen LogP contribution in [0.2, 0.25) is 0 Å². The first-order valence-corrected chi connectivity index (χ1v) is 6.46. The summed E-state index contributed by atoms with van der Waals surface area (Å²) >= 11 is 3.46. The number of nitrogens with zero attached hydrogens (tertiary/aromatic N) is 1. The lowest BCUT2D eigenvalue weighted by Crippen LogP contribution is -1.74. The van der Waals surface area contributed by atoms with Crippen LogP contribution in [-0.2, 0) is 0 Å². The molecule has 0 spiro atoms. The van der Waals surface area contributed by atoms with Gasteiger partial charge in [-0.25, -0.2) is 0 Å². The van der Waals surface area contributed by atoms with Crippen molar-refractivity contribution >= 4 is 48.6 Å². The summed E-state index contributed by atoms with van der Waals surface area (Å²) < 4.78 is 6.91. The van der Waals surface area contributed by atoms with Gasteiger partial charge >= 0.3 is 0 Å². The Morgan fingerprint density at radius 3 is 2.72 bits per heavy atom. The average Bonchev–Trinajstić information content (AvgIpc) is 2.72. The molecule has 3 heteroatoms. The van der Waals surface area contributed by atoms with Gasteiger partial charge in [0.05, 0.1) is 0 Å². The summed E-state index contributed by atoms with van der Waals surface area (Å²) in [5.41, 5.74) is 1.81. The fourth-order valence-electron chi connectivity index (χ4n) is 2.33. The second-order valence-corrected chi connectivity index (χ2v) is 5.23. The third kappa shape index (κ3) is 1.37. The summed E-state index contributed by atoms with van der Waals surface area (Å²) in [6.45, 7) is 0. The zero-order chi connectivity index (χ0) is 12.1. The normalized spacial score (nSPS) is 11.6. The van der Waals surface area contributed by atoms with E-state index in [9.17, 15) is 0 Å². The molecule has 4 rings (SSSR count). The van der Waals surface area contributed by atoms with Crippen molar-refractivity contribution in [3.63, 3.8) is 0 Å². The Hall–Kier alpha value is -1.87. The van der Waals surface area contributed by atoms with Crippen LogP contribution in [0.5, 0.6) is 0 Å². The molecule has 0 N–H and O–H groups in total. The first-order chi connectivity index (χ1) is 8.81. The highest BCUT2D eigenvalue weighted by molar-refractivity contribution is 9.10. The van der Waals surface area contributed by atoms with Crippen molar-refractivity contribution in [2.75, 3.05) is 0 Å². The van der Waals surface area contributed by atoms with E-state index in [1.165, 1.54) is 5.39 Å². The van der Waals surface area contributed by atoms with Crippen LogP contribution in [0.3, 0.4) is 0 Å². The predicted octanol–water partition coefficient (Wildman–Crippen LogP) is 4.90. The Labute approximate surface area is 111 Å². The molecule has 0 saturated carbocycles. The molecule has 2 aromatic heterocycles. The molecule has 2 heterocycles. The monoisotopic (exact) mass is 297 g/mol. The maximum absolute atomic E-state index is 5.88. The summed E-state index contributed by atoms with van der Waals surface area (Å²) in [5, 5.41) is 4.58. The van der Waals surface area contributed by atoms with Gasteiger partial charge in [0.15, 0.2) is 0 Å². The summed E-state index contributed by atoms with van der Waals surface area (Å²) in [7, 11) is 0. The number of hydrogen-bond donors (Lipinski definition) is 0. The molecule has 0 aliphatic rings. The number of rotatable bonds is 0. The van der Waals surface area contributed by atoms with Crippen LogP contribution >= 0.6 is 15.9 Å². The van der Waals surface area contributed by atoms with Crippen LogP contribution < -0.4 is 0 Å². The van der Waals surface area contributed by atoms with E-state index in [-0.39, 0.29) is 0 Å². The minimum Gasteiger partial charge on any atom is -0.456 e. The molecule has 0 fully saturated rings. The first kappa shape index (κ1) is 10.1. The lowest BCUT2D eigenvalue weighted by Gasteiger charge is -1.96. The van der Waals surface area contributed by atoms with E-state index in [1.54, 1.807) is 0 Å². The molecule has 0 unspecified atom stereocenters. The van der Waals surface area contributed by atoms with Crippen molar-refractivity contribution in [1.29, 1.82) is 0 Å². The Morgan fingerprint density at radius 1 is 0.889 bits per heavy atom. The second-order valence-electron chi connectivity index (χ2n) is 4.31. The van der Waals surface area contributed by atoms with Gasteiger partial charge < -0.3 is 4.42 Å². The Bertz CT molecular complexity index is 895. The molecular weight excluding hydrogens is 290 g/mol. The molecule has 0 bridgehead atoms. The highest BCUT2D eigenvalue weighted by Gasteiger charge is 2.08. The molecule has 0 atom stereocenters. The van der Waals surface area contributed by atoms with Gasteiger partial charge in [-0.3, -0.25) is 4.98 Å². The topological polar surface area (TPSA) is 26.0 Å². The van der Waals surface area contributed by atoms with Crippen molar-refractivity contribution in [2.24, 2.45) is 0 Å². The number of fused-ring (bicyclic) bond motifs is 4. The SMILES string of the molecule is Brc1ccc2c(c1)oc1cc3cnccc3cc12. The van der Waals surface area contributed by atoms with Gasteiger partial charge in [-0.15, -0.1) is 0 Å². The van der Waals surface area contributed by atoms with Crippen LogP contribution in [0.15, 0.2) is 57.7 Å². The third-order valence-corrected chi connectivity index (χ3v) is 3.69. The molecule has 0 aliphatic heterocycles. The smallest absolute Gasteiger partial charge is 0.136 e. The van der Waals surface area contributed by atoms with Gasteiger partial charge in [0.2, 0.25) is 0 Å². The Balaban J connectivity index is 2.23. The lowest BCUT2D eigenvalue weighted by atomic mass is 10.1. The van der Waals surface area contributed by atoms with E-state index in [1.807, 2.05) is 36.7 Å². The van der Waals surface area contributed by atoms with Crippen LogP contribution in [0.25, 0.3) is 32.7 Å². The minimum atomic E-state index is 0.905. The molecule has 0 aliphatic carbocycles. The van der Waals surface area contributed by atoms with E-state index in [4.69, 9.17) is 4.42 Å². The van der Waals surface area contributed by atoms with Gasteiger partial charge in [0.25, 0.3) is 0 Å². The molecule has 4 aromatic rings. The molecule has 86 valence electrons. The largest absolute Gasteiger partial charge is 0.456 e. The number of halogens is 1. The molecular formula is C15H8BrNO. The summed E-state index contributed by atoms with van der Waals surface area (Å²) in [6.07, 6.45) is 3.67. The molecule has 2 nitrogen and oxygen atoms in total. The lowest BCUT2D eigenvalue weighted by molar-refractivity contribution is 0.669. The van der Waals surface area contributed by atoms with Crippen molar-refractivity contribution in [1.82, 2.24) is 4.98 Å². The number of benzene rings is 2. The summed E-state index contributed by atoms with van der Waals surface area (Å²) in [4.78, 5) is 4.14. The van der Waals surface area contributed by atoms with E-state index in [0.717, 1.165) is 31.8 Å². The third-order valence-electron chi connectivity index (χ3n) is 3.19. The maximum Gasteiger partial charge on any atom is 0.136 e. The number of hydrogen-bond acceptors (Lipinski definition) is 2. The molecule has 0 radical (unpaired) electrons. The van der Waals surface area contributed by atoms with Gasteiger partial charge in [0, 0.05) is 33.0 Å². The van der Waals surface area contributed by atoms with Crippen molar-refractivity contribution in [3.05, 3.63) is 53.3 Å². The fourth-order valence-corrected chi connectivity index (χ4v) is 2.67. The standard InChI is InChI=1S/C15H8BrNO/c16-11-1-2-12-13-5-9-3-4-17-8-10(9)6-14(13)18-15(12)7-11/h1-8H. The van der Waals surface area contributed by atoms with Crippen LogP contribution in [-0.4, -0.2) is 4.98 Å². The van der Waals surface area contributed by atoms with Gasteiger partial charge in [-0.1, -0.05) is 15.9 Å². The zero-order valence-electron chi connectivity index (χ0n) is 9.35. The van der Waals surface area contributed by atoms with Crippen LogP contribution in [0.1, 0.15) is 0 Å². The molecule has 0 amide bonds. The summed E-state index contributed by atoms with van der Waals surface area (Å²) in [6, 6.07) is 12.3. The van der Waals surface area contributed by atoms with Gasteiger partial charge in [-0.05, 0) is 41.8 Å². The van der Waals surface area contributed by atoms with E-state index in [0.29, 0.717) is 0 Å². The van der Waals surface area contributed by atoms with Crippen LogP contribution in [0, 0.1) is 0 Å². The predicted molar refractivity (Wildman–Crippen MR) is 76.7 cm³/mol. The van der Waals surface area contributed by atoms with Crippen molar-refractivity contribution < 1.29 is 4.42 Å². The highest BCUT2D eigenvalue weighted by Crippen LogP contribution is 2.33. The maximum atomic E-state index is 5.88. The van der Waals surface area contributed by atoms with Crippen molar-refractivity contribution in [2.45, 2.75) is 0 Å². The van der Waals surface area contributed by atoms with Crippen LogP contribution in [0.4, 0.5) is 0 Å². The highest BCUT2D eigenvalue weighted by atomic mass is 79.9. The zero-order valence-corrected chi connectivity index (χ0v) is 10.9. The molecule has 18 heavy (non-hydrogen) atoms. The number of pyridine rings is 1. The fraction of sp³-hybridized carbons (Fsp3) is 0. The van der Waals surface area contributed by atoms with Gasteiger partial charge in [0.1, 0.15) is 11.2 Å². The first-order valence-electron chi connectivity index (χ1n) is 5.67. The second kappa shape index (κ2) is 3.56. The summed E-state index contributed by atoms with van der Waals surface area (Å²) in [5.74, 6) is 0. The van der Waals surface area contributed by atoms with Gasteiger partial charge in [-0.2, -0.15) is 0 Å². The number of furan rings is 1. The Kier molecular flexibility index (Phi) is 2.00. The minimum absolute atomic E-state index is 0.905. The van der Waals surface area contributed by atoms with E-state index in [2.05, 4.69) is 33.0 Å². The van der Waals surface area contributed by atoms with E-state index >= 15 is 0 Å². The van der Waals surface area contributed by atoms with E-state index < -0.39 is 0 Å². The average molecular weight is 298 g/mol. The molecule has 2 aromatic carbocycles. The number of aromatic nitrogens is 1. The molecule has 0 saturated heterocycles. The van der Waals surface area contributed by atoms with Crippen molar-refractivity contribution in [3.8, 4) is 0 Å². The Morgan fingerprint density at radius 2 is 1.78 bits per heavy atom.